The molecule has 1 amide bonds. The average Bonchev–Trinajstić information content (AvgIpc) is 2.90. The number of ether oxygens (including phenoxy) is 2. The predicted octanol–water partition coefficient (Wildman–Crippen LogP) is 2.50. The van der Waals surface area contributed by atoms with E-state index in [1.165, 1.54) is 4.90 Å². The predicted molar refractivity (Wildman–Crippen MR) is 90.3 cm³/mol. The lowest BCUT2D eigenvalue weighted by Gasteiger charge is -2.17. The Hall–Kier alpha value is -2.83. The van der Waals surface area contributed by atoms with Gasteiger partial charge in [0.05, 0.1) is 16.8 Å². The number of aryl methyl sites for hydroxylation is 2. The number of benzene rings is 1. The minimum Gasteiger partial charge on any atom is -0.489 e. The van der Waals surface area contributed by atoms with Crippen molar-refractivity contribution in [1.82, 2.24) is 10.1 Å². The highest BCUT2D eigenvalue weighted by atomic mass is 16.5. The third-order valence-electron chi connectivity index (χ3n) is 3.73. The van der Waals surface area contributed by atoms with Gasteiger partial charge in [0, 0.05) is 14.1 Å². The molecular weight excluding hydrogens is 324 g/mol. The Bertz CT molecular complexity index is 730. The molecule has 0 N–H and O–H groups in total. The molecule has 0 saturated heterocycles. The van der Waals surface area contributed by atoms with E-state index in [0.29, 0.717) is 17.9 Å². The highest BCUT2D eigenvalue weighted by Crippen LogP contribution is 2.18. The van der Waals surface area contributed by atoms with Gasteiger partial charge < -0.3 is 18.9 Å². The minimum atomic E-state index is -0.835. The van der Waals surface area contributed by atoms with E-state index in [2.05, 4.69) is 5.16 Å². The Morgan fingerprint density at radius 1 is 1.20 bits per heavy atom. The first-order chi connectivity index (χ1) is 11.8. The van der Waals surface area contributed by atoms with Crippen LogP contribution < -0.4 is 4.74 Å². The standard InChI is InChI=1S/C18H22N2O5/c1-11-16(12(2)25-19-11)10-23-15-8-6-14(7-9-15)18(22)24-13(3)17(21)20(4)5/h6-9,13H,10H2,1-5H3/t13-/m0/s1. The summed E-state index contributed by atoms with van der Waals surface area (Å²) < 4.78 is 15.9. The number of likely N-dealkylation sites (N-methyl/N-ethyl adjacent to an activating group) is 1. The summed E-state index contributed by atoms with van der Waals surface area (Å²) in [5, 5.41) is 3.87. The van der Waals surface area contributed by atoms with Crippen molar-refractivity contribution in [1.29, 1.82) is 0 Å². The monoisotopic (exact) mass is 346 g/mol. The molecule has 7 nitrogen and oxygen atoms in total. The van der Waals surface area contributed by atoms with Gasteiger partial charge in [0.1, 0.15) is 18.1 Å². The Balaban J connectivity index is 1.95. The number of hydrogen-bond donors (Lipinski definition) is 0. The number of aromatic nitrogens is 1. The van der Waals surface area contributed by atoms with Crippen LogP contribution in [0.5, 0.6) is 5.75 Å². The number of carbonyl (C=O) groups excluding carboxylic acids is 2. The van der Waals surface area contributed by atoms with E-state index >= 15 is 0 Å². The van der Waals surface area contributed by atoms with Gasteiger partial charge in [-0.1, -0.05) is 5.16 Å². The van der Waals surface area contributed by atoms with Crippen molar-refractivity contribution < 1.29 is 23.6 Å². The van der Waals surface area contributed by atoms with Crippen LogP contribution in [0.1, 0.15) is 34.3 Å². The fraction of sp³-hybridized carbons (Fsp3) is 0.389. The van der Waals surface area contributed by atoms with E-state index in [0.717, 1.165) is 17.0 Å². The second kappa shape index (κ2) is 7.83. The molecule has 134 valence electrons. The molecular formula is C18H22N2O5. The first kappa shape index (κ1) is 18.5. The SMILES string of the molecule is Cc1noc(C)c1COc1ccc(C(=O)O[C@@H](C)C(=O)N(C)C)cc1. The summed E-state index contributed by atoms with van der Waals surface area (Å²) in [5.41, 5.74) is 2.04. The fourth-order valence-corrected chi connectivity index (χ4v) is 2.19. The molecule has 0 spiro atoms. The van der Waals surface area contributed by atoms with Gasteiger partial charge >= 0.3 is 5.97 Å². The summed E-state index contributed by atoms with van der Waals surface area (Å²) in [6.07, 6.45) is -0.835. The van der Waals surface area contributed by atoms with Crippen LogP contribution in [0.4, 0.5) is 0 Å². The summed E-state index contributed by atoms with van der Waals surface area (Å²) in [4.78, 5) is 25.2. The van der Waals surface area contributed by atoms with Crippen molar-refractivity contribution in [2.45, 2.75) is 33.5 Å². The zero-order valence-electron chi connectivity index (χ0n) is 15.0. The van der Waals surface area contributed by atoms with Crippen LogP contribution in [0.25, 0.3) is 0 Å². The molecule has 2 rings (SSSR count). The van der Waals surface area contributed by atoms with Crippen molar-refractivity contribution in [3.8, 4) is 5.75 Å². The van der Waals surface area contributed by atoms with Gasteiger partial charge in [0.15, 0.2) is 6.10 Å². The first-order valence-electron chi connectivity index (χ1n) is 7.86. The Morgan fingerprint density at radius 3 is 2.36 bits per heavy atom. The summed E-state index contributed by atoms with van der Waals surface area (Å²) in [7, 11) is 3.22. The maximum Gasteiger partial charge on any atom is 0.338 e. The number of nitrogens with zero attached hydrogens (tertiary/aromatic N) is 2. The van der Waals surface area contributed by atoms with Crippen LogP contribution in [0.15, 0.2) is 28.8 Å². The Morgan fingerprint density at radius 2 is 1.84 bits per heavy atom. The fourth-order valence-electron chi connectivity index (χ4n) is 2.19. The van der Waals surface area contributed by atoms with Crippen molar-refractivity contribution in [2.24, 2.45) is 0 Å². The lowest BCUT2D eigenvalue weighted by atomic mass is 10.2. The molecule has 0 saturated carbocycles. The molecule has 7 heteroatoms. The number of esters is 1. The van der Waals surface area contributed by atoms with E-state index in [9.17, 15) is 9.59 Å². The number of amides is 1. The van der Waals surface area contributed by atoms with E-state index < -0.39 is 12.1 Å². The third kappa shape index (κ3) is 4.59. The third-order valence-corrected chi connectivity index (χ3v) is 3.73. The molecule has 0 bridgehead atoms. The summed E-state index contributed by atoms with van der Waals surface area (Å²) >= 11 is 0. The van der Waals surface area contributed by atoms with Gasteiger partial charge in [-0.3, -0.25) is 4.79 Å². The van der Waals surface area contributed by atoms with Crippen molar-refractivity contribution in [3.05, 3.63) is 46.8 Å². The zero-order valence-corrected chi connectivity index (χ0v) is 15.0. The molecule has 2 aromatic rings. The van der Waals surface area contributed by atoms with Gasteiger partial charge in [0.2, 0.25) is 0 Å². The van der Waals surface area contributed by atoms with E-state index in [1.54, 1.807) is 45.3 Å². The topological polar surface area (TPSA) is 81.9 Å². The molecule has 0 aliphatic heterocycles. The molecule has 25 heavy (non-hydrogen) atoms. The lowest BCUT2D eigenvalue weighted by Crippen LogP contribution is -2.34. The summed E-state index contributed by atoms with van der Waals surface area (Å²) in [5.74, 6) is 0.499. The van der Waals surface area contributed by atoms with Crippen molar-refractivity contribution in [2.75, 3.05) is 14.1 Å². The molecule has 1 atom stereocenters. The normalized spacial score (nSPS) is 11.7. The molecule has 0 aliphatic rings. The maximum atomic E-state index is 12.1. The van der Waals surface area contributed by atoms with Gasteiger partial charge in [-0.25, -0.2) is 4.79 Å². The summed E-state index contributed by atoms with van der Waals surface area (Å²) in [6, 6.07) is 6.54. The van der Waals surface area contributed by atoms with Crippen LogP contribution in [-0.4, -0.2) is 42.1 Å². The van der Waals surface area contributed by atoms with E-state index in [4.69, 9.17) is 14.0 Å². The first-order valence-corrected chi connectivity index (χ1v) is 7.86. The zero-order chi connectivity index (χ0) is 18.6. The smallest absolute Gasteiger partial charge is 0.338 e. The molecule has 0 fully saturated rings. The van der Waals surface area contributed by atoms with E-state index in [-0.39, 0.29) is 5.91 Å². The Kier molecular flexibility index (Phi) is 5.80. The molecule has 0 aliphatic carbocycles. The van der Waals surface area contributed by atoms with Crippen LogP contribution in [0.2, 0.25) is 0 Å². The second-order valence-corrected chi connectivity index (χ2v) is 5.90. The van der Waals surface area contributed by atoms with Crippen LogP contribution in [-0.2, 0) is 16.1 Å². The highest BCUT2D eigenvalue weighted by Gasteiger charge is 2.20. The number of hydrogen-bond acceptors (Lipinski definition) is 6. The average molecular weight is 346 g/mol. The van der Waals surface area contributed by atoms with Gasteiger partial charge in [-0.2, -0.15) is 0 Å². The van der Waals surface area contributed by atoms with Crippen LogP contribution in [0.3, 0.4) is 0 Å². The van der Waals surface area contributed by atoms with Crippen LogP contribution >= 0.6 is 0 Å². The second-order valence-electron chi connectivity index (χ2n) is 5.90. The quantitative estimate of drug-likeness (QED) is 0.748. The molecule has 0 unspecified atom stereocenters. The highest BCUT2D eigenvalue weighted by molar-refractivity contribution is 5.92. The molecule has 1 aromatic heterocycles. The molecule has 0 radical (unpaired) electrons. The maximum absolute atomic E-state index is 12.1. The largest absolute Gasteiger partial charge is 0.489 e. The summed E-state index contributed by atoms with van der Waals surface area (Å²) in [6.45, 7) is 5.55. The van der Waals surface area contributed by atoms with Gasteiger partial charge in [0.25, 0.3) is 5.91 Å². The number of carbonyl (C=O) groups is 2. The lowest BCUT2D eigenvalue weighted by molar-refractivity contribution is -0.137. The van der Waals surface area contributed by atoms with Crippen molar-refractivity contribution >= 4 is 11.9 Å². The van der Waals surface area contributed by atoms with E-state index in [1.807, 2.05) is 13.8 Å². The Labute approximate surface area is 146 Å². The molecule has 1 heterocycles. The number of rotatable bonds is 6. The van der Waals surface area contributed by atoms with Gasteiger partial charge in [-0.05, 0) is 45.0 Å². The van der Waals surface area contributed by atoms with Gasteiger partial charge in [-0.15, -0.1) is 0 Å². The minimum absolute atomic E-state index is 0.271. The molecule has 1 aromatic carbocycles. The van der Waals surface area contributed by atoms with Crippen LogP contribution in [0, 0.1) is 13.8 Å². The van der Waals surface area contributed by atoms with Crippen molar-refractivity contribution in [3.63, 3.8) is 0 Å².